The molecule has 1 aromatic carbocycles. The second-order valence-corrected chi connectivity index (χ2v) is 7.94. The van der Waals surface area contributed by atoms with E-state index in [-0.39, 0.29) is 17.6 Å². The number of ether oxygens (including phenoxy) is 1. The molecule has 4 rings (SSSR count). The number of hydrogen-bond acceptors (Lipinski definition) is 3. The summed E-state index contributed by atoms with van der Waals surface area (Å²) in [5.41, 5.74) is 2.87. The summed E-state index contributed by atoms with van der Waals surface area (Å²) < 4.78 is 5.91. The molecule has 0 heterocycles. The molecule has 3 aliphatic rings. The van der Waals surface area contributed by atoms with Crippen molar-refractivity contribution in [2.24, 2.45) is 17.3 Å². The lowest BCUT2D eigenvalue weighted by Gasteiger charge is -2.52. The van der Waals surface area contributed by atoms with Gasteiger partial charge < -0.3 is 14.9 Å². The van der Waals surface area contributed by atoms with Crippen molar-refractivity contribution in [3.8, 4) is 5.75 Å². The second kappa shape index (κ2) is 4.97. The summed E-state index contributed by atoms with van der Waals surface area (Å²) in [7, 11) is 1.82. The Bertz CT molecular complexity index is 584. The molecule has 2 saturated carbocycles. The van der Waals surface area contributed by atoms with Gasteiger partial charge in [0.1, 0.15) is 5.75 Å². The Kier molecular flexibility index (Phi) is 3.28. The first-order valence-corrected chi connectivity index (χ1v) is 8.54. The number of aromatic hydroxyl groups is 1. The third kappa shape index (κ3) is 2.02. The van der Waals surface area contributed by atoms with Crippen LogP contribution in [0.4, 0.5) is 0 Å². The molecule has 0 saturated heterocycles. The number of rotatable bonds is 1. The Morgan fingerprint density at radius 1 is 1.27 bits per heavy atom. The van der Waals surface area contributed by atoms with Crippen molar-refractivity contribution in [3.05, 3.63) is 29.3 Å². The molecule has 22 heavy (non-hydrogen) atoms. The highest BCUT2D eigenvalue weighted by molar-refractivity contribution is 5.41. The molecule has 2 N–H and O–H groups in total. The molecule has 3 nitrogen and oxygen atoms in total. The maximum Gasteiger partial charge on any atom is 0.115 e. The van der Waals surface area contributed by atoms with E-state index in [1.54, 1.807) is 0 Å². The van der Waals surface area contributed by atoms with Crippen molar-refractivity contribution in [2.75, 3.05) is 7.11 Å². The van der Waals surface area contributed by atoms with E-state index in [9.17, 15) is 10.2 Å². The molecule has 120 valence electrons. The van der Waals surface area contributed by atoms with Gasteiger partial charge >= 0.3 is 0 Å². The van der Waals surface area contributed by atoms with Crippen molar-refractivity contribution in [2.45, 2.75) is 57.2 Å². The van der Waals surface area contributed by atoms with Gasteiger partial charge in [0.25, 0.3) is 0 Å². The number of phenols is 1. The van der Waals surface area contributed by atoms with E-state index < -0.39 is 0 Å². The fourth-order valence-corrected chi connectivity index (χ4v) is 5.89. The van der Waals surface area contributed by atoms with Crippen LogP contribution in [0.3, 0.4) is 0 Å². The molecule has 1 unspecified atom stereocenters. The maximum absolute atomic E-state index is 10.2. The summed E-state index contributed by atoms with van der Waals surface area (Å²) >= 11 is 0. The average molecular weight is 302 g/mol. The van der Waals surface area contributed by atoms with Gasteiger partial charge in [-0.3, -0.25) is 0 Å². The number of aliphatic hydroxyl groups excluding tert-OH is 1. The van der Waals surface area contributed by atoms with Crippen molar-refractivity contribution >= 4 is 0 Å². The molecule has 2 fully saturated rings. The Morgan fingerprint density at radius 3 is 2.86 bits per heavy atom. The van der Waals surface area contributed by atoms with Crippen molar-refractivity contribution in [3.63, 3.8) is 0 Å². The largest absolute Gasteiger partial charge is 0.508 e. The van der Waals surface area contributed by atoms with Crippen LogP contribution in [-0.2, 0) is 11.2 Å². The zero-order chi connectivity index (χ0) is 15.5. The Hall–Kier alpha value is -1.06. The lowest BCUT2D eigenvalue weighted by molar-refractivity contribution is -0.0580. The van der Waals surface area contributed by atoms with E-state index in [1.807, 2.05) is 19.2 Å². The van der Waals surface area contributed by atoms with Gasteiger partial charge in [0.05, 0.1) is 12.2 Å². The number of benzene rings is 1. The third-order valence-corrected chi connectivity index (χ3v) is 6.70. The Labute approximate surface area is 132 Å². The summed E-state index contributed by atoms with van der Waals surface area (Å²) in [4.78, 5) is 0. The van der Waals surface area contributed by atoms with Crippen LogP contribution in [0.5, 0.6) is 5.75 Å². The molecular weight excluding hydrogens is 276 g/mol. The molecule has 0 aliphatic heterocycles. The van der Waals surface area contributed by atoms with Gasteiger partial charge in [-0.15, -0.1) is 0 Å². The number of fused-ring (bicyclic) bond motifs is 5. The van der Waals surface area contributed by atoms with E-state index in [0.717, 1.165) is 32.1 Å². The number of aliphatic hydroxyl groups is 1. The minimum Gasteiger partial charge on any atom is -0.508 e. The Balaban J connectivity index is 1.77. The predicted molar refractivity (Wildman–Crippen MR) is 84.9 cm³/mol. The number of methoxy groups -OCH3 is 1. The van der Waals surface area contributed by atoms with Crippen LogP contribution >= 0.6 is 0 Å². The van der Waals surface area contributed by atoms with Gasteiger partial charge in [-0.1, -0.05) is 13.0 Å². The monoisotopic (exact) mass is 302 g/mol. The first-order chi connectivity index (χ1) is 10.5. The highest BCUT2D eigenvalue weighted by atomic mass is 16.5. The van der Waals surface area contributed by atoms with Crippen LogP contribution in [-0.4, -0.2) is 29.5 Å². The molecule has 0 bridgehead atoms. The van der Waals surface area contributed by atoms with E-state index in [4.69, 9.17) is 4.74 Å². The highest BCUT2D eigenvalue weighted by Gasteiger charge is 2.56. The maximum atomic E-state index is 10.2. The molecule has 0 amide bonds. The quantitative estimate of drug-likeness (QED) is 0.837. The Morgan fingerprint density at radius 2 is 2.09 bits per heavy atom. The lowest BCUT2D eigenvalue weighted by atomic mass is 9.54. The number of aryl methyl sites for hydroxylation is 1. The van der Waals surface area contributed by atoms with Gasteiger partial charge in [0, 0.05) is 13.0 Å². The van der Waals surface area contributed by atoms with Gasteiger partial charge in [-0.2, -0.15) is 0 Å². The van der Waals surface area contributed by atoms with Gasteiger partial charge in [-0.05, 0) is 72.6 Å². The van der Waals surface area contributed by atoms with Gasteiger partial charge in [-0.25, -0.2) is 0 Å². The normalized spacial score (nSPS) is 43.3. The first-order valence-electron chi connectivity index (χ1n) is 8.54. The van der Waals surface area contributed by atoms with E-state index in [2.05, 4.69) is 13.0 Å². The molecule has 1 aromatic rings. The number of phenolic OH excluding ortho intramolecular Hbond substituents is 1. The van der Waals surface area contributed by atoms with Crippen LogP contribution in [0.1, 0.15) is 49.7 Å². The van der Waals surface area contributed by atoms with Crippen molar-refractivity contribution in [1.29, 1.82) is 0 Å². The second-order valence-electron chi connectivity index (χ2n) is 7.94. The summed E-state index contributed by atoms with van der Waals surface area (Å²) in [6.45, 7) is 2.35. The summed E-state index contributed by atoms with van der Waals surface area (Å²) in [5, 5.41) is 20.0. The van der Waals surface area contributed by atoms with Crippen LogP contribution in [0.2, 0.25) is 0 Å². The van der Waals surface area contributed by atoms with Crippen molar-refractivity contribution < 1.29 is 14.9 Å². The zero-order valence-corrected chi connectivity index (χ0v) is 13.5. The zero-order valence-electron chi connectivity index (χ0n) is 13.5. The standard InChI is InChI=1S/C19H26O3/c1-19-9-13(21)8-16(19)15-5-3-11-7-12(20)4-6-14(11)18(15)17(10-19)22-2/h4,6-7,13,15-18,20-21H,3,5,8-10H2,1-2H3/t13-,15+,16+,17?,18-,19+/m1/s1. The molecule has 0 spiro atoms. The SMILES string of the molecule is COC1C[C@]2(C)C[C@H](O)C[C@H]2[C@@H]2CCc3cc(O)ccc3[C@@H]12. The molecule has 6 atom stereocenters. The smallest absolute Gasteiger partial charge is 0.115 e. The molecule has 3 aliphatic carbocycles. The summed E-state index contributed by atoms with van der Waals surface area (Å²) in [6.07, 6.45) is 5.16. The fraction of sp³-hybridized carbons (Fsp3) is 0.684. The molecule has 3 heteroatoms. The van der Waals surface area contributed by atoms with E-state index >= 15 is 0 Å². The first kappa shape index (κ1) is 14.5. The van der Waals surface area contributed by atoms with E-state index in [1.165, 1.54) is 11.1 Å². The average Bonchev–Trinajstić information content (AvgIpc) is 2.79. The summed E-state index contributed by atoms with van der Waals surface area (Å²) in [5.74, 6) is 1.97. The highest BCUT2D eigenvalue weighted by Crippen LogP contribution is 2.61. The van der Waals surface area contributed by atoms with Crippen LogP contribution in [0, 0.1) is 17.3 Å². The fourth-order valence-electron chi connectivity index (χ4n) is 5.89. The van der Waals surface area contributed by atoms with E-state index in [0.29, 0.717) is 23.5 Å². The van der Waals surface area contributed by atoms with Crippen LogP contribution < -0.4 is 0 Å². The predicted octanol–water partition coefficient (Wildman–Crippen LogP) is 3.23. The molecule has 0 aromatic heterocycles. The van der Waals surface area contributed by atoms with Crippen molar-refractivity contribution in [1.82, 2.24) is 0 Å². The molecular formula is C19H26O3. The van der Waals surface area contributed by atoms with Crippen LogP contribution in [0.25, 0.3) is 0 Å². The minimum atomic E-state index is -0.146. The minimum absolute atomic E-state index is 0.146. The molecule has 0 radical (unpaired) electrons. The van der Waals surface area contributed by atoms with Gasteiger partial charge in [0.2, 0.25) is 0 Å². The third-order valence-electron chi connectivity index (χ3n) is 6.70. The van der Waals surface area contributed by atoms with Crippen LogP contribution in [0.15, 0.2) is 18.2 Å². The van der Waals surface area contributed by atoms with Gasteiger partial charge in [0.15, 0.2) is 0 Å². The number of hydrogen-bond donors (Lipinski definition) is 2. The summed E-state index contributed by atoms with van der Waals surface area (Å²) in [6, 6.07) is 5.84. The topological polar surface area (TPSA) is 49.7 Å². The lowest BCUT2D eigenvalue weighted by Crippen LogP contribution is -2.47.